The molecule has 58 valence electrons. The van der Waals surface area contributed by atoms with Gasteiger partial charge in [0.2, 0.25) is 0 Å². The summed E-state index contributed by atoms with van der Waals surface area (Å²) in [6.45, 7) is 3.71. The van der Waals surface area contributed by atoms with E-state index in [-0.39, 0.29) is 11.6 Å². The molecule has 0 bridgehead atoms. The van der Waals surface area contributed by atoms with Gasteiger partial charge in [-0.1, -0.05) is 19.0 Å². The van der Waals surface area contributed by atoms with E-state index in [1.54, 1.807) is 0 Å². The van der Waals surface area contributed by atoms with Crippen molar-refractivity contribution in [2.24, 2.45) is 11.1 Å². The van der Waals surface area contributed by atoms with Gasteiger partial charge in [-0.15, -0.1) is 0 Å². The molecule has 0 fully saturated rings. The lowest BCUT2D eigenvalue weighted by Crippen LogP contribution is -2.15. The van der Waals surface area contributed by atoms with Crippen LogP contribution < -0.4 is 0 Å². The van der Waals surface area contributed by atoms with Crippen LogP contribution in [0.4, 0.5) is 0 Å². The van der Waals surface area contributed by atoms with Crippen molar-refractivity contribution < 1.29 is 15.1 Å². The minimum absolute atomic E-state index is 0.185. The van der Waals surface area contributed by atoms with Gasteiger partial charge in [0.15, 0.2) is 5.71 Å². The molecule has 0 amide bonds. The lowest BCUT2D eigenvalue weighted by atomic mass is 10.1. The molecule has 0 spiro atoms. The van der Waals surface area contributed by atoms with Crippen molar-refractivity contribution in [2.75, 3.05) is 0 Å². The number of carbonyl (C=O) groups is 1. The van der Waals surface area contributed by atoms with Gasteiger partial charge in [-0.25, -0.2) is 4.79 Å². The van der Waals surface area contributed by atoms with E-state index in [1.807, 2.05) is 13.8 Å². The minimum Gasteiger partial charge on any atom is -0.477 e. The van der Waals surface area contributed by atoms with Gasteiger partial charge < -0.3 is 10.3 Å². The third kappa shape index (κ3) is 3.06. The van der Waals surface area contributed by atoms with Gasteiger partial charge in [0.25, 0.3) is 0 Å². The summed E-state index contributed by atoms with van der Waals surface area (Å²) in [7, 11) is 0. The van der Waals surface area contributed by atoms with Crippen molar-refractivity contribution in [1.29, 1.82) is 0 Å². The molecule has 0 aromatic heterocycles. The Labute approximate surface area is 59.2 Å². The van der Waals surface area contributed by atoms with Gasteiger partial charge >= 0.3 is 5.97 Å². The fourth-order valence-electron chi connectivity index (χ4n) is 0.558. The highest BCUT2D eigenvalue weighted by Crippen LogP contribution is 2.00. The summed E-state index contributed by atoms with van der Waals surface area (Å²) in [6.07, 6.45) is 0.297. The van der Waals surface area contributed by atoms with Crippen LogP contribution in [0.25, 0.3) is 0 Å². The van der Waals surface area contributed by atoms with Crippen molar-refractivity contribution in [1.82, 2.24) is 0 Å². The first kappa shape index (κ1) is 8.94. The van der Waals surface area contributed by atoms with Crippen LogP contribution in [0, 0.1) is 5.92 Å². The van der Waals surface area contributed by atoms with E-state index in [2.05, 4.69) is 5.16 Å². The highest BCUT2D eigenvalue weighted by atomic mass is 16.4. The second-order valence-electron chi connectivity index (χ2n) is 2.45. The molecule has 2 N–H and O–H groups in total. The molecule has 0 atom stereocenters. The number of hydrogen-bond acceptors (Lipinski definition) is 3. The van der Waals surface area contributed by atoms with Gasteiger partial charge in [0.05, 0.1) is 0 Å². The molecule has 0 aliphatic heterocycles. The molecule has 0 heterocycles. The molecule has 4 nitrogen and oxygen atoms in total. The second-order valence-corrected chi connectivity index (χ2v) is 2.45. The lowest BCUT2D eigenvalue weighted by Gasteiger charge is -2.00. The first-order chi connectivity index (χ1) is 4.57. The lowest BCUT2D eigenvalue weighted by molar-refractivity contribution is -0.129. The fraction of sp³-hybridized carbons (Fsp3) is 0.667. The van der Waals surface area contributed by atoms with E-state index in [0.717, 1.165) is 0 Å². The highest BCUT2D eigenvalue weighted by molar-refractivity contribution is 6.35. The van der Waals surface area contributed by atoms with Crippen LogP contribution in [0.1, 0.15) is 20.3 Å². The average molecular weight is 145 g/mol. The monoisotopic (exact) mass is 145 g/mol. The first-order valence-corrected chi connectivity index (χ1v) is 3.02. The van der Waals surface area contributed by atoms with Crippen LogP contribution in [-0.2, 0) is 4.79 Å². The van der Waals surface area contributed by atoms with Crippen LogP contribution in [0.2, 0.25) is 0 Å². The van der Waals surface area contributed by atoms with Gasteiger partial charge in [-0.3, -0.25) is 0 Å². The zero-order valence-electron chi connectivity index (χ0n) is 6.03. The zero-order valence-corrected chi connectivity index (χ0v) is 6.03. The van der Waals surface area contributed by atoms with Crippen molar-refractivity contribution in [3.8, 4) is 0 Å². The largest absolute Gasteiger partial charge is 0.477 e. The Bertz CT molecular complexity index is 151. The average Bonchev–Trinajstić information content (AvgIpc) is 1.81. The number of oxime groups is 1. The fourth-order valence-corrected chi connectivity index (χ4v) is 0.558. The number of carboxylic acids is 1. The summed E-state index contributed by atoms with van der Waals surface area (Å²) in [4.78, 5) is 10.2. The Kier molecular flexibility index (Phi) is 3.46. The Balaban J connectivity index is 3.99. The molecular weight excluding hydrogens is 134 g/mol. The smallest absolute Gasteiger partial charge is 0.353 e. The molecular formula is C6H11NO3. The second kappa shape index (κ2) is 3.87. The molecule has 0 aromatic rings. The summed E-state index contributed by atoms with van der Waals surface area (Å²) in [5.41, 5.74) is -0.185. The van der Waals surface area contributed by atoms with Crippen LogP contribution in [-0.4, -0.2) is 22.0 Å². The van der Waals surface area contributed by atoms with E-state index < -0.39 is 5.97 Å². The van der Waals surface area contributed by atoms with Gasteiger partial charge in [0.1, 0.15) is 0 Å². The maximum Gasteiger partial charge on any atom is 0.353 e. The Hall–Kier alpha value is -1.06. The summed E-state index contributed by atoms with van der Waals surface area (Å²) in [6, 6.07) is 0. The normalized spacial score (nSPS) is 12.1. The number of carboxylic acid groups (broad SMARTS) is 1. The maximum atomic E-state index is 10.2. The third-order valence-corrected chi connectivity index (χ3v) is 0.969. The SMILES string of the molecule is CC(C)CC(=NO)C(=O)O. The summed E-state index contributed by atoms with van der Waals surface area (Å²) in [5.74, 6) is -0.960. The molecule has 0 saturated carbocycles. The third-order valence-electron chi connectivity index (χ3n) is 0.969. The highest BCUT2D eigenvalue weighted by Gasteiger charge is 2.10. The molecule has 0 radical (unpaired) electrons. The maximum absolute atomic E-state index is 10.2. The van der Waals surface area contributed by atoms with Crippen LogP contribution in [0.3, 0.4) is 0 Å². The van der Waals surface area contributed by atoms with E-state index in [0.29, 0.717) is 6.42 Å². The van der Waals surface area contributed by atoms with E-state index >= 15 is 0 Å². The van der Waals surface area contributed by atoms with Crippen molar-refractivity contribution in [3.63, 3.8) is 0 Å². The topological polar surface area (TPSA) is 69.9 Å². The predicted octanol–water partition coefficient (Wildman–Crippen LogP) is 0.947. The Morgan fingerprint density at radius 2 is 2.10 bits per heavy atom. The Morgan fingerprint density at radius 3 is 2.20 bits per heavy atom. The quantitative estimate of drug-likeness (QED) is 0.353. The van der Waals surface area contributed by atoms with Gasteiger partial charge in [-0.2, -0.15) is 0 Å². The molecule has 0 saturated heterocycles. The van der Waals surface area contributed by atoms with Crippen molar-refractivity contribution >= 4 is 11.7 Å². The van der Waals surface area contributed by atoms with E-state index in [4.69, 9.17) is 10.3 Å². The molecule has 0 unspecified atom stereocenters. The van der Waals surface area contributed by atoms with Gasteiger partial charge in [-0.05, 0) is 5.92 Å². The number of aliphatic carboxylic acids is 1. The van der Waals surface area contributed by atoms with Crippen molar-refractivity contribution in [3.05, 3.63) is 0 Å². The summed E-state index contributed by atoms with van der Waals surface area (Å²) < 4.78 is 0. The van der Waals surface area contributed by atoms with Gasteiger partial charge in [0, 0.05) is 6.42 Å². The molecule has 0 aliphatic rings. The van der Waals surface area contributed by atoms with Crippen LogP contribution in [0.15, 0.2) is 5.16 Å². The van der Waals surface area contributed by atoms with Crippen LogP contribution in [0.5, 0.6) is 0 Å². The number of rotatable bonds is 3. The Morgan fingerprint density at radius 1 is 1.60 bits per heavy atom. The van der Waals surface area contributed by atoms with E-state index in [1.165, 1.54) is 0 Å². The zero-order chi connectivity index (χ0) is 8.15. The standard InChI is InChI=1S/C6H11NO3/c1-4(2)3-5(7-10)6(8)9/h4,10H,3H2,1-2H3,(H,8,9). The molecule has 0 rings (SSSR count). The summed E-state index contributed by atoms with van der Waals surface area (Å²) >= 11 is 0. The van der Waals surface area contributed by atoms with E-state index in [9.17, 15) is 4.79 Å². The summed E-state index contributed by atoms with van der Waals surface area (Å²) in [5, 5.41) is 19.1. The van der Waals surface area contributed by atoms with Crippen LogP contribution >= 0.6 is 0 Å². The first-order valence-electron chi connectivity index (χ1n) is 3.02. The molecule has 10 heavy (non-hydrogen) atoms. The molecule has 0 aromatic carbocycles. The predicted molar refractivity (Wildman–Crippen MR) is 36.3 cm³/mol. The minimum atomic E-state index is -1.16. The molecule has 0 aliphatic carbocycles. The number of nitrogens with zero attached hydrogens (tertiary/aromatic N) is 1. The number of hydrogen-bond donors (Lipinski definition) is 2. The van der Waals surface area contributed by atoms with Crippen molar-refractivity contribution in [2.45, 2.75) is 20.3 Å². The molecule has 4 heteroatoms.